The molecule has 5 nitrogen and oxygen atoms in total. The lowest BCUT2D eigenvalue weighted by Crippen LogP contribution is -2.23. The van der Waals surface area contributed by atoms with Crippen LogP contribution >= 0.6 is 0 Å². The zero-order valence-electron chi connectivity index (χ0n) is 10.6. The highest BCUT2D eigenvalue weighted by Gasteiger charge is 2.10. The number of ether oxygens (including phenoxy) is 1. The van der Waals surface area contributed by atoms with Crippen molar-refractivity contribution in [1.82, 2.24) is 10.5 Å². The van der Waals surface area contributed by atoms with Gasteiger partial charge in [0.15, 0.2) is 11.6 Å². The Hall–Kier alpha value is -2.37. The molecular formula is C13H13FN2O3. The van der Waals surface area contributed by atoms with Gasteiger partial charge in [-0.1, -0.05) is 5.16 Å². The second-order valence-electron chi connectivity index (χ2n) is 3.96. The average molecular weight is 264 g/mol. The summed E-state index contributed by atoms with van der Waals surface area (Å²) in [5, 5.41) is 6.37. The van der Waals surface area contributed by atoms with Gasteiger partial charge < -0.3 is 14.6 Å². The molecule has 0 spiro atoms. The standard InChI is InChI=1S/C13H13FN2O3/c1-8-5-10(16-19-8)7-15-13(17)9-3-4-12(18-2)11(14)6-9/h3-6H,7H2,1-2H3,(H,15,17). The number of hydrogen-bond acceptors (Lipinski definition) is 4. The van der Waals surface area contributed by atoms with Crippen molar-refractivity contribution in [1.29, 1.82) is 0 Å². The van der Waals surface area contributed by atoms with Gasteiger partial charge in [-0.05, 0) is 25.1 Å². The van der Waals surface area contributed by atoms with Gasteiger partial charge in [-0.2, -0.15) is 0 Å². The highest BCUT2D eigenvalue weighted by Crippen LogP contribution is 2.17. The van der Waals surface area contributed by atoms with Crippen LogP contribution in [0.1, 0.15) is 21.8 Å². The molecule has 0 bridgehead atoms. The molecule has 1 aromatic heterocycles. The van der Waals surface area contributed by atoms with E-state index in [0.717, 1.165) is 6.07 Å². The van der Waals surface area contributed by atoms with Crippen LogP contribution < -0.4 is 10.1 Å². The van der Waals surface area contributed by atoms with Crippen molar-refractivity contribution in [3.8, 4) is 5.75 Å². The van der Waals surface area contributed by atoms with Crippen LogP contribution in [0.5, 0.6) is 5.75 Å². The molecular weight excluding hydrogens is 251 g/mol. The Morgan fingerprint density at radius 2 is 2.26 bits per heavy atom. The van der Waals surface area contributed by atoms with Crippen molar-refractivity contribution in [3.05, 3.63) is 47.1 Å². The van der Waals surface area contributed by atoms with Crippen LogP contribution in [0.4, 0.5) is 4.39 Å². The fraction of sp³-hybridized carbons (Fsp3) is 0.231. The van der Waals surface area contributed by atoms with Gasteiger partial charge in [0, 0.05) is 11.6 Å². The lowest BCUT2D eigenvalue weighted by Gasteiger charge is -2.05. The Morgan fingerprint density at radius 3 is 2.84 bits per heavy atom. The maximum absolute atomic E-state index is 13.4. The first kappa shape index (κ1) is 13.1. The summed E-state index contributed by atoms with van der Waals surface area (Å²) in [6.07, 6.45) is 0. The Balaban J connectivity index is 2.01. The first-order valence-electron chi connectivity index (χ1n) is 5.64. The number of aromatic nitrogens is 1. The molecule has 1 N–H and O–H groups in total. The zero-order chi connectivity index (χ0) is 13.8. The molecule has 0 fully saturated rings. The third-order valence-electron chi connectivity index (χ3n) is 2.52. The summed E-state index contributed by atoms with van der Waals surface area (Å²) >= 11 is 0. The summed E-state index contributed by atoms with van der Waals surface area (Å²) in [5.74, 6) is -0.196. The maximum atomic E-state index is 13.4. The van der Waals surface area contributed by atoms with E-state index in [-0.39, 0.29) is 23.8 Å². The number of methoxy groups -OCH3 is 1. The summed E-state index contributed by atoms with van der Waals surface area (Å²) in [6.45, 7) is 1.99. The molecule has 0 radical (unpaired) electrons. The van der Waals surface area contributed by atoms with Crippen LogP contribution in [0, 0.1) is 12.7 Å². The Morgan fingerprint density at radius 1 is 1.47 bits per heavy atom. The number of carbonyl (C=O) groups excluding carboxylic acids is 1. The van der Waals surface area contributed by atoms with Crippen molar-refractivity contribution < 1.29 is 18.4 Å². The molecule has 1 heterocycles. The van der Waals surface area contributed by atoms with E-state index in [0.29, 0.717) is 11.5 Å². The lowest BCUT2D eigenvalue weighted by molar-refractivity contribution is 0.0949. The van der Waals surface area contributed by atoms with Crippen molar-refractivity contribution in [2.24, 2.45) is 0 Å². The molecule has 0 aliphatic rings. The molecule has 2 aromatic rings. The topological polar surface area (TPSA) is 64.4 Å². The molecule has 6 heteroatoms. The fourth-order valence-corrected chi connectivity index (χ4v) is 1.58. The van der Waals surface area contributed by atoms with Crippen molar-refractivity contribution >= 4 is 5.91 Å². The van der Waals surface area contributed by atoms with Crippen LogP contribution in [0.3, 0.4) is 0 Å². The van der Waals surface area contributed by atoms with Gasteiger partial charge in [0.2, 0.25) is 0 Å². The van der Waals surface area contributed by atoms with E-state index in [2.05, 4.69) is 10.5 Å². The van der Waals surface area contributed by atoms with Crippen LogP contribution in [0.25, 0.3) is 0 Å². The first-order valence-corrected chi connectivity index (χ1v) is 5.64. The Bertz CT molecular complexity index is 595. The molecule has 0 aliphatic carbocycles. The number of aryl methyl sites for hydroxylation is 1. The number of benzene rings is 1. The number of amides is 1. The normalized spacial score (nSPS) is 10.3. The minimum atomic E-state index is -0.576. The number of nitrogens with zero attached hydrogens (tertiary/aromatic N) is 1. The average Bonchev–Trinajstić information content (AvgIpc) is 2.81. The number of halogens is 1. The quantitative estimate of drug-likeness (QED) is 0.918. The van der Waals surface area contributed by atoms with E-state index < -0.39 is 5.82 Å². The molecule has 1 aromatic carbocycles. The SMILES string of the molecule is COc1ccc(C(=O)NCc2cc(C)on2)cc1F. The summed E-state index contributed by atoms with van der Waals surface area (Å²) in [5.41, 5.74) is 0.832. The van der Waals surface area contributed by atoms with Crippen LogP contribution in [0.15, 0.2) is 28.8 Å². The molecule has 2 rings (SSSR count). The largest absolute Gasteiger partial charge is 0.494 e. The van der Waals surface area contributed by atoms with Gasteiger partial charge in [0.1, 0.15) is 11.5 Å². The molecule has 0 unspecified atom stereocenters. The predicted octanol–water partition coefficient (Wildman–Crippen LogP) is 2.06. The molecule has 19 heavy (non-hydrogen) atoms. The maximum Gasteiger partial charge on any atom is 0.251 e. The number of hydrogen-bond donors (Lipinski definition) is 1. The second-order valence-corrected chi connectivity index (χ2v) is 3.96. The molecule has 0 atom stereocenters. The molecule has 100 valence electrons. The van der Waals surface area contributed by atoms with Crippen LogP contribution in [-0.2, 0) is 6.54 Å². The molecule has 0 aliphatic heterocycles. The highest BCUT2D eigenvalue weighted by atomic mass is 19.1. The summed E-state index contributed by atoms with van der Waals surface area (Å²) in [6, 6.07) is 5.74. The van der Waals surface area contributed by atoms with Crippen molar-refractivity contribution in [2.75, 3.05) is 7.11 Å². The minimum Gasteiger partial charge on any atom is -0.494 e. The number of carbonyl (C=O) groups is 1. The molecule has 1 amide bonds. The van der Waals surface area contributed by atoms with Gasteiger partial charge in [0.25, 0.3) is 5.91 Å². The Labute approximate surface area is 109 Å². The van der Waals surface area contributed by atoms with Crippen LogP contribution in [-0.4, -0.2) is 18.2 Å². The van der Waals surface area contributed by atoms with E-state index in [1.54, 1.807) is 13.0 Å². The predicted molar refractivity (Wildman–Crippen MR) is 65.4 cm³/mol. The van der Waals surface area contributed by atoms with E-state index in [4.69, 9.17) is 9.26 Å². The summed E-state index contributed by atoms with van der Waals surface area (Å²) in [7, 11) is 1.37. The van der Waals surface area contributed by atoms with Gasteiger partial charge in [0.05, 0.1) is 13.7 Å². The van der Waals surface area contributed by atoms with Gasteiger partial charge in [-0.15, -0.1) is 0 Å². The first-order chi connectivity index (χ1) is 9.10. The van der Waals surface area contributed by atoms with Gasteiger partial charge in [-0.3, -0.25) is 4.79 Å². The van der Waals surface area contributed by atoms with E-state index >= 15 is 0 Å². The zero-order valence-corrected chi connectivity index (χ0v) is 10.6. The summed E-state index contributed by atoms with van der Waals surface area (Å²) in [4.78, 5) is 11.8. The third kappa shape index (κ3) is 3.09. The van der Waals surface area contributed by atoms with Crippen molar-refractivity contribution in [2.45, 2.75) is 13.5 Å². The van der Waals surface area contributed by atoms with E-state index in [9.17, 15) is 9.18 Å². The van der Waals surface area contributed by atoms with Crippen molar-refractivity contribution in [3.63, 3.8) is 0 Å². The van der Waals surface area contributed by atoms with Gasteiger partial charge in [-0.25, -0.2) is 4.39 Å². The fourth-order valence-electron chi connectivity index (χ4n) is 1.58. The van der Waals surface area contributed by atoms with Crippen LogP contribution in [0.2, 0.25) is 0 Å². The van der Waals surface area contributed by atoms with E-state index in [1.807, 2.05) is 0 Å². The third-order valence-corrected chi connectivity index (χ3v) is 2.52. The number of rotatable bonds is 4. The number of nitrogens with one attached hydrogen (secondary N) is 1. The molecule has 0 saturated carbocycles. The smallest absolute Gasteiger partial charge is 0.251 e. The highest BCUT2D eigenvalue weighted by molar-refractivity contribution is 5.94. The lowest BCUT2D eigenvalue weighted by atomic mass is 10.2. The summed E-state index contributed by atoms with van der Waals surface area (Å²) < 4.78 is 23.1. The molecule has 0 saturated heterocycles. The van der Waals surface area contributed by atoms with E-state index in [1.165, 1.54) is 19.2 Å². The monoisotopic (exact) mass is 264 g/mol. The van der Waals surface area contributed by atoms with Gasteiger partial charge >= 0.3 is 0 Å². The minimum absolute atomic E-state index is 0.101. The second kappa shape index (κ2) is 5.51. The Kier molecular flexibility index (Phi) is 3.79.